The number of carbonyl (C=O) groups excluding carboxylic acids is 2. The molecule has 0 aromatic carbocycles. The van der Waals surface area contributed by atoms with Crippen LogP contribution in [0.5, 0.6) is 0 Å². The molecule has 134 valence electrons. The smallest absolute Gasteiger partial charge is 0.149 e. The molecule has 0 heterocycles. The van der Waals surface area contributed by atoms with Gasteiger partial charge in [-0.05, 0) is 87.4 Å². The number of hydrogen-bond donors (Lipinski definition) is 1. The number of aliphatic hydroxyl groups is 1. The van der Waals surface area contributed by atoms with Crippen molar-refractivity contribution >= 4 is 11.6 Å². The number of ketones is 2. The van der Waals surface area contributed by atoms with Crippen LogP contribution in [0.3, 0.4) is 0 Å². The first-order valence-corrected chi connectivity index (χ1v) is 10.00. The van der Waals surface area contributed by atoms with Crippen molar-refractivity contribution in [3.63, 3.8) is 0 Å². The highest BCUT2D eigenvalue weighted by Gasteiger charge is 2.62. The van der Waals surface area contributed by atoms with E-state index >= 15 is 0 Å². The van der Waals surface area contributed by atoms with Crippen LogP contribution in [0.4, 0.5) is 0 Å². The van der Waals surface area contributed by atoms with Crippen LogP contribution in [-0.2, 0) is 9.59 Å². The highest BCUT2D eigenvalue weighted by Crippen LogP contribution is 2.66. The molecule has 3 nitrogen and oxygen atoms in total. The molecule has 1 N–H and O–H groups in total. The van der Waals surface area contributed by atoms with E-state index in [9.17, 15) is 14.7 Å². The molecule has 4 aliphatic rings. The maximum Gasteiger partial charge on any atom is 0.149 e. The molecular weight excluding hydrogens is 300 g/mol. The first-order chi connectivity index (χ1) is 11.3. The summed E-state index contributed by atoms with van der Waals surface area (Å²) < 4.78 is 0. The van der Waals surface area contributed by atoms with E-state index in [0.717, 1.165) is 38.5 Å². The Morgan fingerprint density at radius 2 is 1.79 bits per heavy atom. The molecule has 4 fully saturated rings. The molecule has 0 aliphatic heterocycles. The molecular formula is C21H32O3. The first-order valence-electron chi connectivity index (χ1n) is 10.00. The summed E-state index contributed by atoms with van der Waals surface area (Å²) in [7, 11) is 0. The molecule has 8 atom stereocenters. The Morgan fingerprint density at radius 1 is 1.04 bits per heavy atom. The minimum Gasteiger partial charge on any atom is -0.393 e. The van der Waals surface area contributed by atoms with Gasteiger partial charge in [-0.15, -0.1) is 0 Å². The van der Waals surface area contributed by atoms with Gasteiger partial charge in [-0.25, -0.2) is 0 Å². The normalized spacial score (nSPS) is 53.9. The highest BCUT2D eigenvalue weighted by molar-refractivity contribution is 6.05. The number of carbonyl (C=O) groups is 2. The van der Waals surface area contributed by atoms with Crippen LogP contribution >= 0.6 is 0 Å². The van der Waals surface area contributed by atoms with Crippen molar-refractivity contribution in [2.24, 2.45) is 40.4 Å². The predicted molar refractivity (Wildman–Crippen MR) is 92.3 cm³/mol. The Kier molecular flexibility index (Phi) is 3.77. The maximum absolute atomic E-state index is 12.9. The third kappa shape index (κ3) is 2.12. The highest BCUT2D eigenvalue weighted by atomic mass is 16.3. The maximum atomic E-state index is 12.9. The van der Waals surface area contributed by atoms with E-state index in [1.165, 1.54) is 12.8 Å². The minimum absolute atomic E-state index is 0.0767. The van der Waals surface area contributed by atoms with Gasteiger partial charge >= 0.3 is 0 Å². The molecule has 0 spiro atoms. The van der Waals surface area contributed by atoms with Crippen LogP contribution in [0, 0.1) is 40.4 Å². The van der Waals surface area contributed by atoms with Crippen molar-refractivity contribution in [2.45, 2.75) is 78.2 Å². The molecule has 4 aliphatic carbocycles. The second-order valence-electron chi connectivity index (χ2n) is 9.80. The van der Waals surface area contributed by atoms with Crippen molar-refractivity contribution in [3.8, 4) is 0 Å². The van der Waals surface area contributed by atoms with E-state index in [1.807, 2.05) is 0 Å². The van der Waals surface area contributed by atoms with Crippen molar-refractivity contribution in [3.05, 3.63) is 0 Å². The molecule has 0 amide bonds. The van der Waals surface area contributed by atoms with Crippen LogP contribution in [0.1, 0.15) is 72.1 Å². The van der Waals surface area contributed by atoms with E-state index in [0.29, 0.717) is 29.1 Å². The van der Waals surface area contributed by atoms with Gasteiger partial charge < -0.3 is 5.11 Å². The summed E-state index contributed by atoms with van der Waals surface area (Å²) in [4.78, 5) is 24.9. The third-order valence-electron chi connectivity index (χ3n) is 8.89. The Labute approximate surface area is 145 Å². The molecule has 0 radical (unpaired) electrons. The summed E-state index contributed by atoms with van der Waals surface area (Å²) in [5.41, 5.74) is 0.0791. The number of aliphatic hydroxyl groups excluding tert-OH is 1. The summed E-state index contributed by atoms with van der Waals surface area (Å²) in [5, 5.41) is 10.1. The van der Waals surface area contributed by atoms with Crippen LogP contribution in [0.25, 0.3) is 0 Å². The molecule has 4 rings (SSSR count). The van der Waals surface area contributed by atoms with E-state index < -0.39 is 0 Å². The lowest BCUT2D eigenvalue weighted by molar-refractivity contribution is -0.144. The van der Waals surface area contributed by atoms with E-state index in [2.05, 4.69) is 13.8 Å². The minimum atomic E-state index is -0.336. The van der Waals surface area contributed by atoms with Gasteiger partial charge in [0.1, 0.15) is 11.6 Å². The average molecular weight is 332 g/mol. The van der Waals surface area contributed by atoms with Crippen molar-refractivity contribution < 1.29 is 14.7 Å². The fourth-order valence-electron chi connectivity index (χ4n) is 7.41. The van der Waals surface area contributed by atoms with Gasteiger partial charge in [0.05, 0.1) is 12.0 Å². The molecule has 0 bridgehead atoms. The van der Waals surface area contributed by atoms with Crippen LogP contribution in [0.2, 0.25) is 0 Å². The summed E-state index contributed by atoms with van der Waals surface area (Å²) in [5.74, 6) is 2.32. The predicted octanol–water partition coefficient (Wildman–Crippen LogP) is 3.77. The quantitative estimate of drug-likeness (QED) is 0.744. The van der Waals surface area contributed by atoms with E-state index in [1.54, 1.807) is 6.92 Å². The summed E-state index contributed by atoms with van der Waals surface area (Å²) in [6.45, 7) is 6.21. The number of Topliss-reactive ketones (excluding diaryl/α,β-unsaturated/α-hetero) is 2. The third-order valence-corrected chi connectivity index (χ3v) is 8.89. The molecule has 0 aromatic heterocycles. The molecule has 3 heteroatoms. The zero-order valence-electron chi connectivity index (χ0n) is 15.4. The number of rotatable bonds is 1. The lowest BCUT2D eigenvalue weighted by Crippen LogP contribution is -2.54. The zero-order chi connectivity index (χ0) is 17.3. The van der Waals surface area contributed by atoms with Crippen LogP contribution in [-0.4, -0.2) is 22.8 Å². The lowest BCUT2D eigenvalue weighted by atomic mass is 9.45. The Balaban J connectivity index is 1.64. The van der Waals surface area contributed by atoms with E-state index in [4.69, 9.17) is 0 Å². The van der Waals surface area contributed by atoms with Gasteiger partial charge in [-0.2, -0.15) is 0 Å². The second kappa shape index (κ2) is 5.40. The first kappa shape index (κ1) is 16.8. The summed E-state index contributed by atoms with van der Waals surface area (Å²) >= 11 is 0. The zero-order valence-corrected chi connectivity index (χ0v) is 15.4. The fraction of sp³-hybridized carbons (Fsp3) is 0.905. The number of hydrogen-bond acceptors (Lipinski definition) is 3. The molecule has 24 heavy (non-hydrogen) atoms. The van der Waals surface area contributed by atoms with Gasteiger partial charge in [0.25, 0.3) is 0 Å². The standard InChI is InChI=1S/C21H32O3/c1-12(22)16-11-18-15-5-4-13-10-14(23)6-8-20(13,2)17(15)7-9-21(18,3)19(16)24/h13-18,23H,4-11H2,1-3H3/t13?,14?,15?,16-,17?,18?,20?,21?/m1/s1. The second-order valence-corrected chi connectivity index (χ2v) is 9.80. The van der Waals surface area contributed by atoms with Crippen LogP contribution in [0.15, 0.2) is 0 Å². The SMILES string of the molecule is CC(=O)[C@H]1CC2C3CCC4CC(O)CCC4(C)C3CCC2(C)C1=O. The van der Waals surface area contributed by atoms with Gasteiger partial charge in [0.2, 0.25) is 0 Å². The Hall–Kier alpha value is -0.700. The molecule has 0 aromatic rings. The number of fused-ring (bicyclic) bond motifs is 5. The van der Waals surface area contributed by atoms with Crippen LogP contribution < -0.4 is 0 Å². The van der Waals surface area contributed by atoms with Gasteiger partial charge in [-0.1, -0.05) is 13.8 Å². The fourth-order valence-corrected chi connectivity index (χ4v) is 7.41. The Morgan fingerprint density at radius 3 is 2.50 bits per heavy atom. The van der Waals surface area contributed by atoms with Crippen molar-refractivity contribution in [2.75, 3.05) is 0 Å². The largest absolute Gasteiger partial charge is 0.393 e. The van der Waals surface area contributed by atoms with Gasteiger partial charge in [-0.3, -0.25) is 9.59 Å². The summed E-state index contributed by atoms with van der Waals surface area (Å²) in [6.07, 6.45) is 8.22. The van der Waals surface area contributed by atoms with E-state index in [-0.39, 0.29) is 29.0 Å². The molecule has 0 saturated heterocycles. The van der Waals surface area contributed by atoms with Crippen molar-refractivity contribution in [1.82, 2.24) is 0 Å². The Bertz CT molecular complexity index is 569. The van der Waals surface area contributed by atoms with Crippen molar-refractivity contribution in [1.29, 1.82) is 0 Å². The van der Waals surface area contributed by atoms with Gasteiger partial charge in [0, 0.05) is 5.41 Å². The molecule has 7 unspecified atom stereocenters. The summed E-state index contributed by atoms with van der Waals surface area (Å²) in [6, 6.07) is 0. The monoisotopic (exact) mass is 332 g/mol. The average Bonchev–Trinajstić information content (AvgIpc) is 2.80. The molecule has 4 saturated carbocycles. The van der Waals surface area contributed by atoms with Gasteiger partial charge in [0.15, 0.2) is 0 Å². The topological polar surface area (TPSA) is 54.4 Å². The lowest BCUT2D eigenvalue weighted by Gasteiger charge is -2.60.